The van der Waals surface area contributed by atoms with E-state index in [9.17, 15) is 22.8 Å². The second kappa shape index (κ2) is 8.01. The molecule has 2 bridgehead atoms. The third kappa shape index (κ3) is 4.31. The van der Waals surface area contributed by atoms with E-state index in [0.717, 1.165) is 19.0 Å². The van der Waals surface area contributed by atoms with Gasteiger partial charge < -0.3 is 21.3 Å². The predicted octanol–water partition coefficient (Wildman–Crippen LogP) is 2.01. The van der Waals surface area contributed by atoms with Crippen LogP contribution >= 0.6 is 0 Å². The van der Waals surface area contributed by atoms with Crippen LogP contribution in [0, 0.1) is 17.8 Å². The van der Waals surface area contributed by atoms with Crippen LogP contribution in [0.4, 0.5) is 24.9 Å². The third-order valence-corrected chi connectivity index (χ3v) is 6.39. The van der Waals surface area contributed by atoms with Crippen LogP contribution in [0.25, 0.3) is 0 Å². The van der Waals surface area contributed by atoms with E-state index in [0.29, 0.717) is 19.5 Å². The quantitative estimate of drug-likeness (QED) is 0.606. The van der Waals surface area contributed by atoms with Gasteiger partial charge in [-0.3, -0.25) is 9.59 Å². The molecular weight excluding hydrogens is 413 g/mol. The Morgan fingerprint density at radius 1 is 1.23 bits per heavy atom. The van der Waals surface area contributed by atoms with E-state index in [2.05, 4.69) is 20.6 Å². The first-order chi connectivity index (χ1) is 14.6. The SMILES string of the molecule is CC(=O)N1CCC[C@H](Nc2ncc(C(F)(F)F)c(N[C@@H]3[C@H](C(N)=O)[C@H]4C=C[C@@H]3C4)n2)C1. The van der Waals surface area contributed by atoms with Crippen molar-refractivity contribution in [2.45, 2.75) is 44.4 Å². The van der Waals surface area contributed by atoms with Crippen LogP contribution < -0.4 is 16.4 Å². The fraction of sp³-hybridized carbons (Fsp3) is 0.600. The fourth-order valence-corrected chi connectivity index (χ4v) is 4.90. The van der Waals surface area contributed by atoms with E-state index in [-0.39, 0.29) is 35.6 Å². The van der Waals surface area contributed by atoms with E-state index >= 15 is 0 Å². The minimum atomic E-state index is -4.66. The average Bonchev–Trinajstić information content (AvgIpc) is 3.29. The van der Waals surface area contributed by atoms with Crippen molar-refractivity contribution < 1.29 is 22.8 Å². The number of amides is 2. The highest BCUT2D eigenvalue weighted by atomic mass is 19.4. The molecule has 2 heterocycles. The minimum Gasteiger partial charge on any atom is -0.369 e. The highest BCUT2D eigenvalue weighted by Crippen LogP contribution is 2.45. The number of primary amides is 1. The summed E-state index contributed by atoms with van der Waals surface area (Å²) in [7, 11) is 0. The van der Waals surface area contributed by atoms with E-state index in [1.165, 1.54) is 6.92 Å². The number of alkyl halides is 3. The van der Waals surface area contributed by atoms with E-state index in [4.69, 9.17) is 5.73 Å². The lowest BCUT2D eigenvalue weighted by atomic mass is 9.88. The molecule has 1 saturated carbocycles. The summed E-state index contributed by atoms with van der Waals surface area (Å²) < 4.78 is 40.8. The maximum Gasteiger partial charge on any atom is 0.421 e. The lowest BCUT2D eigenvalue weighted by Gasteiger charge is -2.32. The van der Waals surface area contributed by atoms with Gasteiger partial charge in [0.25, 0.3) is 0 Å². The van der Waals surface area contributed by atoms with Gasteiger partial charge in [0.2, 0.25) is 17.8 Å². The number of piperidine rings is 1. The van der Waals surface area contributed by atoms with E-state index in [1.807, 2.05) is 12.2 Å². The van der Waals surface area contributed by atoms with Crippen molar-refractivity contribution >= 4 is 23.6 Å². The van der Waals surface area contributed by atoms with Gasteiger partial charge in [-0.15, -0.1) is 0 Å². The summed E-state index contributed by atoms with van der Waals surface area (Å²) in [6, 6.07) is -0.717. The van der Waals surface area contributed by atoms with Gasteiger partial charge in [0, 0.05) is 38.3 Å². The normalized spacial score (nSPS) is 29.8. The zero-order valence-electron chi connectivity index (χ0n) is 17.0. The molecule has 0 spiro atoms. The van der Waals surface area contributed by atoms with Crippen molar-refractivity contribution in [2.24, 2.45) is 23.5 Å². The molecule has 3 aliphatic rings. The second-order valence-corrected chi connectivity index (χ2v) is 8.45. The Balaban J connectivity index is 1.58. The van der Waals surface area contributed by atoms with Gasteiger partial charge in [0.05, 0.1) is 5.92 Å². The molecule has 4 N–H and O–H groups in total. The summed E-state index contributed by atoms with van der Waals surface area (Å²) in [5, 5.41) is 5.90. The molecule has 1 aromatic heterocycles. The van der Waals surface area contributed by atoms with E-state index < -0.39 is 29.6 Å². The highest BCUT2D eigenvalue weighted by molar-refractivity contribution is 5.80. The molecule has 4 rings (SSSR count). The monoisotopic (exact) mass is 438 g/mol. The number of nitrogens with zero attached hydrogens (tertiary/aromatic N) is 3. The molecular formula is C20H25F3N6O2. The van der Waals surface area contributed by atoms with Crippen molar-refractivity contribution in [3.05, 3.63) is 23.9 Å². The molecule has 2 amide bonds. The topological polar surface area (TPSA) is 113 Å². The number of allylic oxidation sites excluding steroid dienone is 1. The summed E-state index contributed by atoms with van der Waals surface area (Å²) >= 11 is 0. The molecule has 5 atom stereocenters. The molecule has 0 radical (unpaired) electrons. The number of hydrogen-bond donors (Lipinski definition) is 3. The molecule has 1 saturated heterocycles. The van der Waals surface area contributed by atoms with Crippen LogP contribution in [0.1, 0.15) is 31.7 Å². The van der Waals surface area contributed by atoms with E-state index in [1.54, 1.807) is 4.90 Å². The number of halogens is 3. The zero-order valence-corrected chi connectivity index (χ0v) is 17.0. The molecule has 0 aromatic carbocycles. The first kappa shape index (κ1) is 21.4. The maximum absolute atomic E-state index is 13.6. The molecule has 2 fully saturated rings. The highest BCUT2D eigenvalue weighted by Gasteiger charge is 2.48. The lowest BCUT2D eigenvalue weighted by molar-refractivity contribution is -0.137. The largest absolute Gasteiger partial charge is 0.421 e. The standard InChI is InChI=1S/C20H25F3N6O2/c1-10(30)29-6-2-3-13(9-29)26-19-25-8-14(20(21,22)23)18(28-19)27-16-12-5-4-11(7-12)15(16)17(24)31/h4-5,8,11-13,15-16H,2-3,6-7,9H2,1H3,(H2,24,31)(H2,25,26,27,28)/t11-,12+,13-,15+,16-/m0/s1. The first-order valence-electron chi connectivity index (χ1n) is 10.3. The van der Waals surface area contributed by atoms with Gasteiger partial charge in [0.1, 0.15) is 11.4 Å². The Morgan fingerprint density at radius 2 is 1.97 bits per heavy atom. The van der Waals surface area contributed by atoms with Gasteiger partial charge in [-0.25, -0.2) is 4.98 Å². The zero-order chi connectivity index (χ0) is 22.3. The van der Waals surface area contributed by atoms with Crippen molar-refractivity contribution in [1.29, 1.82) is 0 Å². The average molecular weight is 438 g/mol. The Kier molecular flexibility index (Phi) is 5.52. The van der Waals surface area contributed by atoms with Gasteiger partial charge in [-0.05, 0) is 31.1 Å². The summed E-state index contributed by atoms with van der Waals surface area (Å²) in [5.41, 5.74) is 4.53. The van der Waals surface area contributed by atoms with Gasteiger partial charge in [-0.2, -0.15) is 18.2 Å². The number of fused-ring (bicyclic) bond motifs is 2. The van der Waals surface area contributed by atoms with Crippen molar-refractivity contribution in [3.8, 4) is 0 Å². The van der Waals surface area contributed by atoms with Crippen molar-refractivity contribution in [3.63, 3.8) is 0 Å². The van der Waals surface area contributed by atoms with Crippen LogP contribution in [0.5, 0.6) is 0 Å². The Bertz CT molecular complexity index is 905. The van der Waals surface area contributed by atoms with Gasteiger partial charge in [-0.1, -0.05) is 12.2 Å². The Hall–Kier alpha value is -2.85. The molecule has 0 unspecified atom stereocenters. The second-order valence-electron chi connectivity index (χ2n) is 8.45. The summed E-state index contributed by atoms with van der Waals surface area (Å²) in [5.74, 6) is -1.68. The molecule has 31 heavy (non-hydrogen) atoms. The molecule has 168 valence electrons. The molecule has 8 nitrogen and oxygen atoms in total. The Morgan fingerprint density at radius 3 is 2.65 bits per heavy atom. The Labute approximate surface area is 177 Å². The fourth-order valence-electron chi connectivity index (χ4n) is 4.90. The molecule has 1 aromatic rings. The first-order valence-corrected chi connectivity index (χ1v) is 10.3. The number of anilines is 2. The number of nitrogens with two attached hydrogens (primary N) is 1. The van der Waals surface area contributed by atoms with Crippen LogP contribution in [0.2, 0.25) is 0 Å². The third-order valence-electron chi connectivity index (χ3n) is 6.39. The number of likely N-dealkylation sites (tertiary alicyclic amines) is 1. The van der Waals surface area contributed by atoms with Crippen LogP contribution in [-0.2, 0) is 15.8 Å². The summed E-state index contributed by atoms with van der Waals surface area (Å²) in [4.78, 5) is 33.2. The van der Waals surface area contributed by atoms with Gasteiger partial charge >= 0.3 is 6.18 Å². The van der Waals surface area contributed by atoms with Crippen molar-refractivity contribution in [1.82, 2.24) is 14.9 Å². The molecule has 11 heteroatoms. The number of nitrogens with one attached hydrogen (secondary N) is 2. The van der Waals surface area contributed by atoms with Crippen LogP contribution in [-0.4, -0.2) is 51.9 Å². The summed E-state index contributed by atoms with van der Waals surface area (Å²) in [6.07, 6.45) is 2.09. The van der Waals surface area contributed by atoms with Crippen molar-refractivity contribution in [2.75, 3.05) is 23.7 Å². The molecule has 1 aliphatic heterocycles. The molecule has 2 aliphatic carbocycles. The number of rotatable bonds is 5. The maximum atomic E-state index is 13.6. The van der Waals surface area contributed by atoms with Gasteiger partial charge in [0.15, 0.2) is 0 Å². The minimum absolute atomic E-state index is 0.0419. The number of hydrogen-bond acceptors (Lipinski definition) is 6. The summed E-state index contributed by atoms with van der Waals surface area (Å²) in [6.45, 7) is 2.57. The predicted molar refractivity (Wildman–Crippen MR) is 107 cm³/mol. The lowest BCUT2D eigenvalue weighted by Crippen LogP contribution is -2.44. The van der Waals surface area contributed by atoms with Crippen LogP contribution in [0.3, 0.4) is 0 Å². The number of carbonyl (C=O) groups is 2. The van der Waals surface area contributed by atoms with Crippen LogP contribution in [0.15, 0.2) is 18.3 Å². The number of carbonyl (C=O) groups excluding carboxylic acids is 2. The number of aromatic nitrogens is 2. The smallest absolute Gasteiger partial charge is 0.369 e.